The number of aryl methyl sites for hydroxylation is 1. The van der Waals surface area contributed by atoms with Gasteiger partial charge in [-0.25, -0.2) is 0 Å². The molecule has 1 amide bonds. The highest BCUT2D eigenvalue weighted by atomic mass is 16.2. The lowest BCUT2D eigenvalue weighted by molar-refractivity contribution is -0.140. The molecule has 5 aliphatic rings. The van der Waals surface area contributed by atoms with E-state index in [2.05, 4.69) is 16.4 Å². The number of aromatic nitrogens is 1. The van der Waals surface area contributed by atoms with Crippen LogP contribution in [0.4, 0.5) is 5.69 Å². The second-order valence-corrected chi connectivity index (χ2v) is 9.68. The van der Waals surface area contributed by atoms with Crippen molar-refractivity contribution < 1.29 is 4.79 Å². The Hall–Kier alpha value is -2.10. The third kappa shape index (κ3) is 2.35. The molecular formula is C23H26N2O2. The molecule has 7 rings (SSSR count). The molecule has 4 fully saturated rings. The molecule has 5 aliphatic carbocycles. The highest BCUT2D eigenvalue weighted by molar-refractivity contribution is 5.98. The number of aromatic amines is 1. The van der Waals surface area contributed by atoms with Crippen LogP contribution < -0.4 is 10.9 Å². The van der Waals surface area contributed by atoms with Crippen LogP contribution in [0.3, 0.4) is 0 Å². The van der Waals surface area contributed by atoms with Crippen LogP contribution in [0.1, 0.15) is 56.1 Å². The number of fused-ring (bicyclic) bond motifs is 3. The van der Waals surface area contributed by atoms with E-state index in [9.17, 15) is 9.59 Å². The van der Waals surface area contributed by atoms with E-state index in [0.29, 0.717) is 0 Å². The monoisotopic (exact) mass is 362 g/mol. The second kappa shape index (κ2) is 5.46. The van der Waals surface area contributed by atoms with E-state index >= 15 is 0 Å². The number of nitrogens with one attached hydrogen (secondary N) is 2. The van der Waals surface area contributed by atoms with Crippen LogP contribution >= 0.6 is 0 Å². The smallest absolute Gasteiger partial charge is 0.251 e. The van der Waals surface area contributed by atoms with E-state index in [-0.39, 0.29) is 16.9 Å². The van der Waals surface area contributed by atoms with Crippen LogP contribution in [-0.4, -0.2) is 10.9 Å². The van der Waals surface area contributed by atoms with Crippen molar-refractivity contribution in [2.24, 2.45) is 23.2 Å². The zero-order valence-electron chi connectivity index (χ0n) is 15.6. The molecule has 2 N–H and O–H groups in total. The SMILES string of the molecule is O=C(Nc1ccc2c3c(c(=O)[nH]c2c1)CCC3)C12CC3CC(CC(C3)C1)C2. The van der Waals surface area contributed by atoms with E-state index in [1.54, 1.807) is 0 Å². The van der Waals surface area contributed by atoms with Gasteiger partial charge in [-0.3, -0.25) is 9.59 Å². The van der Waals surface area contributed by atoms with Crippen molar-refractivity contribution in [3.8, 4) is 0 Å². The summed E-state index contributed by atoms with van der Waals surface area (Å²) in [4.78, 5) is 28.7. The molecule has 1 aromatic heterocycles. The number of hydrogen-bond donors (Lipinski definition) is 2. The maximum atomic E-state index is 13.3. The summed E-state index contributed by atoms with van der Waals surface area (Å²) in [6.07, 6.45) is 10.2. The van der Waals surface area contributed by atoms with Crippen molar-refractivity contribution in [2.75, 3.05) is 5.32 Å². The van der Waals surface area contributed by atoms with Crippen molar-refractivity contribution in [3.63, 3.8) is 0 Å². The number of pyridine rings is 1. The average molecular weight is 362 g/mol. The van der Waals surface area contributed by atoms with Crippen molar-refractivity contribution in [1.82, 2.24) is 4.98 Å². The number of amides is 1. The second-order valence-electron chi connectivity index (χ2n) is 9.68. The Kier molecular flexibility index (Phi) is 3.22. The van der Waals surface area contributed by atoms with Gasteiger partial charge in [-0.15, -0.1) is 0 Å². The molecule has 140 valence electrons. The van der Waals surface area contributed by atoms with Crippen molar-refractivity contribution >= 4 is 22.5 Å². The van der Waals surface area contributed by atoms with Crippen LogP contribution in [0.2, 0.25) is 0 Å². The van der Waals surface area contributed by atoms with Gasteiger partial charge in [0.25, 0.3) is 5.56 Å². The molecule has 4 nitrogen and oxygen atoms in total. The van der Waals surface area contributed by atoms with Crippen molar-refractivity contribution in [2.45, 2.75) is 57.8 Å². The number of carbonyl (C=O) groups excluding carboxylic acids is 1. The van der Waals surface area contributed by atoms with Gasteiger partial charge in [-0.05, 0) is 93.2 Å². The summed E-state index contributed by atoms with van der Waals surface area (Å²) >= 11 is 0. The molecule has 4 bridgehead atoms. The highest BCUT2D eigenvalue weighted by Crippen LogP contribution is 2.60. The van der Waals surface area contributed by atoms with Crippen LogP contribution in [0, 0.1) is 23.2 Å². The molecule has 0 atom stereocenters. The fourth-order valence-corrected chi connectivity index (χ4v) is 7.13. The lowest BCUT2D eigenvalue weighted by Crippen LogP contribution is -2.51. The fourth-order valence-electron chi connectivity index (χ4n) is 7.13. The number of rotatable bonds is 2. The van der Waals surface area contributed by atoms with E-state index < -0.39 is 0 Å². The van der Waals surface area contributed by atoms with Gasteiger partial charge in [0.2, 0.25) is 5.91 Å². The van der Waals surface area contributed by atoms with Crippen LogP contribution in [0.5, 0.6) is 0 Å². The van der Waals surface area contributed by atoms with Crippen LogP contribution in [0.15, 0.2) is 23.0 Å². The Bertz CT molecular complexity index is 984. The molecule has 1 aromatic carbocycles. The first-order chi connectivity index (χ1) is 13.1. The van der Waals surface area contributed by atoms with Gasteiger partial charge in [0.05, 0.1) is 10.9 Å². The normalized spacial score (nSPS) is 33.4. The topological polar surface area (TPSA) is 62.0 Å². The summed E-state index contributed by atoms with van der Waals surface area (Å²) in [5.74, 6) is 2.50. The Labute approximate surface area is 158 Å². The molecule has 4 saturated carbocycles. The molecule has 4 heteroatoms. The number of carbonyl (C=O) groups is 1. The average Bonchev–Trinajstić information content (AvgIpc) is 3.11. The minimum absolute atomic E-state index is 0.0413. The van der Waals surface area contributed by atoms with Crippen LogP contribution in [0.25, 0.3) is 10.9 Å². The molecule has 0 radical (unpaired) electrons. The van der Waals surface area contributed by atoms with Gasteiger partial charge in [-0.1, -0.05) is 6.07 Å². The zero-order chi connectivity index (χ0) is 18.2. The number of anilines is 1. The summed E-state index contributed by atoms with van der Waals surface area (Å²) in [7, 11) is 0. The molecule has 1 heterocycles. The first kappa shape index (κ1) is 15.9. The highest BCUT2D eigenvalue weighted by Gasteiger charge is 2.54. The van der Waals surface area contributed by atoms with Gasteiger partial charge >= 0.3 is 0 Å². The number of benzene rings is 1. The standard InChI is InChI=1S/C23H26N2O2/c26-21-19-3-1-2-17(19)18-5-4-16(9-20(18)25-21)24-22(27)23-10-13-6-14(11-23)8-15(7-13)12-23/h4-5,9,13-15H,1-3,6-8,10-12H2,(H,24,27)(H,25,26). The predicted molar refractivity (Wildman–Crippen MR) is 106 cm³/mol. The molecule has 0 saturated heterocycles. The summed E-state index contributed by atoms with van der Waals surface area (Å²) in [6, 6.07) is 6.04. The third-order valence-corrected chi connectivity index (χ3v) is 7.86. The first-order valence-corrected chi connectivity index (χ1v) is 10.6. The lowest BCUT2D eigenvalue weighted by Gasteiger charge is -2.55. The molecular weight excluding hydrogens is 336 g/mol. The number of H-pyrrole nitrogens is 1. The Morgan fingerprint density at radius 2 is 1.67 bits per heavy atom. The molecule has 0 unspecified atom stereocenters. The van der Waals surface area contributed by atoms with E-state index in [1.807, 2.05) is 12.1 Å². The van der Waals surface area contributed by atoms with Gasteiger partial charge in [0.1, 0.15) is 0 Å². The maximum absolute atomic E-state index is 13.3. The summed E-state index contributed by atoms with van der Waals surface area (Å²) in [5.41, 5.74) is 3.72. The Morgan fingerprint density at radius 3 is 2.37 bits per heavy atom. The van der Waals surface area contributed by atoms with E-state index in [0.717, 1.165) is 78.4 Å². The molecule has 0 aliphatic heterocycles. The zero-order valence-corrected chi connectivity index (χ0v) is 15.6. The van der Waals surface area contributed by atoms with Gasteiger partial charge in [-0.2, -0.15) is 0 Å². The number of hydrogen-bond acceptors (Lipinski definition) is 2. The largest absolute Gasteiger partial charge is 0.326 e. The molecule has 27 heavy (non-hydrogen) atoms. The maximum Gasteiger partial charge on any atom is 0.251 e. The first-order valence-electron chi connectivity index (χ1n) is 10.6. The Morgan fingerprint density at radius 1 is 1.00 bits per heavy atom. The quantitative estimate of drug-likeness (QED) is 0.842. The van der Waals surface area contributed by atoms with Gasteiger partial charge in [0.15, 0.2) is 0 Å². The molecule has 0 spiro atoms. The summed E-state index contributed by atoms with van der Waals surface area (Å²) < 4.78 is 0. The van der Waals surface area contributed by atoms with Gasteiger partial charge in [0, 0.05) is 16.6 Å². The minimum atomic E-state index is -0.144. The summed E-state index contributed by atoms with van der Waals surface area (Å²) in [5, 5.41) is 4.35. The summed E-state index contributed by atoms with van der Waals surface area (Å²) in [6.45, 7) is 0. The fraction of sp³-hybridized carbons (Fsp3) is 0.565. The molecule has 2 aromatic rings. The third-order valence-electron chi connectivity index (χ3n) is 7.86. The predicted octanol–water partition coefficient (Wildman–Crippen LogP) is 4.17. The minimum Gasteiger partial charge on any atom is -0.326 e. The van der Waals surface area contributed by atoms with Crippen molar-refractivity contribution in [3.05, 3.63) is 39.7 Å². The van der Waals surface area contributed by atoms with Gasteiger partial charge < -0.3 is 10.3 Å². The van der Waals surface area contributed by atoms with E-state index in [4.69, 9.17) is 0 Å². The lowest BCUT2D eigenvalue weighted by atomic mass is 9.49. The van der Waals surface area contributed by atoms with E-state index in [1.165, 1.54) is 24.8 Å². The van der Waals surface area contributed by atoms with Crippen LogP contribution in [-0.2, 0) is 17.6 Å². The Balaban J connectivity index is 1.32. The van der Waals surface area contributed by atoms with Crippen molar-refractivity contribution in [1.29, 1.82) is 0 Å².